The van der Waals surface area contributed by atoms with Gasteiger partial charge in [0.05, 0.1) is 0 Å². The second-order valence-electron chi connectivity index (χ2n) is 4.90. The molecule has 0 amide bonds. The summed E-state index contributed by atoms with van der Waals surface area (Å²) in [6.07, 6.45) is 16.5. The summed E-state index contributed by atoms with van der Waals surface area (Å²) in [5.41, 5.74) is 0. The third-order valence-corrected chi connectivity index (χ3v) is 3.26. The number of unbranched alkanes of at least 4 members (excludes halogenated alkanes) is 9. The van der Waals surface area contributed by atoms with Gasteiger partial charge in [0, 0.05) is 12.8 Å². The summed E-state index contributed by atoms with van der Waals surface area (Å²) in [5, 5.41) is 0. The Hall–Kier alpha value is -0.590. The summed E-state index contributed by atoms with van der Waals surface area (Å²) in [7, 11) is 0. The highest BCUT2D eigenvalue weighted by atomic mass is 16.1. The molecule has 0 aliphatic carbocycles. The molecule has 100 valence electrons. The first kappa shape index (κ1) is 16.4. The van der Waals surface area contributed by atoms with Gasteiger partial charge in [-0.05, 0) is 19.3 Å². The highest BCUT2D eigenvalue weighted by molar-refractivity contribution is 5.77. The lowest BCUT2D eigenvalue weighted by molar-refractivity contribution is -0.118. The smallest absolute Gasteiger partial charge is 0.132 e. The van der Waals surface area contributed by atoms with Gasteiger partial charge in [0.1, 0.15) is 5.78 Å². The quantitative estimate of drug-likeness (QED) is 0.308. The third-order valence-electron chi connectivity index (χ3n) is 3.26. The highest BCUT2D eigenvalue weighted by Gasteiger charge is 1.97. The van der Waals surface area contributed by atoms with Crippen molar-refractivity contribution >= 4 is 5.78 Å². The molecule has 1 heteroatoms. The summed E-state index contributed by atoms with van der Waals surface area (Å²) >= 11 is 0. The molecule has 0 saturated heterocycles. The van der Waals surface area contributed by atoms with E-state index >= 15 is 0 Å². The zero-order chi connectivity index (χ0) is 12.8. The molecule has 0 aromatic carbocycles. The Morgan fingerprint density at radius 3 is 1.82 bits per heavy atom. The zero-order valence-corrected chi connectivity index (χ0v) is 11.7. The van der Waals surface area contributed by atoms with Gasteiger partial charge in [-0.2, -0.15) is 0 Å². The Kier molecular flexibility index (Phi) is 13.0. The number of carbonyl (C=O) groups excluding carboxylic acids is 1. The Bertz CT molecular complexity index is 184. The van der Waals surface area contributed by atoms with E-state index in [1.165, 1.54) is 57.8 Å². The first-order valence-corrected chi connectivity index (χ1v) is 7.43. The van der Waals surface area contributed by atoms with Gasteiger partial charge in [-0.3, -0.25) is 4.79 Å². The third kappa shape index (κ3) is 13.3. The number of allylic oxidation sites excluding steroid dienone is 1. The van der Waals surface area contributed by atoms with Crippen LogP contribution in [0.4, 0.5) is 0 Å². The van der Waals surface area contributed by atoms with Crippen LogP contribution in [0.25, 0.3) is 0 Å². The molecular formula is C16H30O. The van der Waals surface area contributed by atoms with Gasteiger partial charge in [-0.1, -0.05) is 57.9 Å². The normalized spacial score (nSPS) is 10.4. The molecule has 0 radical (unpaired) electrons. The monoisotopic (exact) mass is 238 g/mol. The van der Waals surface area contributed by atoms with E-state index in [1.807, 2.05) is 13.0 Å². The summed E-state index contributed by atoms with van der Waals surface area (Å²) in [4.78, 5) is 11.1. The van der Waals surface area contributed by atoms with Crippen LogP contribution in [0.2, 0.25) is 0 Å². The minimum Gasteiger partial charge on any atom is -0.300 e. The highest BCUT2D eigenvalue weighted by Crippen LogP contribution is 2.11. The Balaban J connectivity index is 2.98. The average molecular weight is 238 g/mol. The second kappa shape index (κ2) is 13.5. The second-order valence-corrected chi connectivity index (χ2v) is 4.90. The Labute approximate surface area is 108 Å². The van der Waals surface area contributed by atoms with Crippen molar-refractivity contribution < 1.29 is 4.79 Å². The molecule has 0 N–H and O–H groups in total. The fourth-order valence-corrected chi connectivity index (χ4v) is 2.03. The lowest BCUT2D eigenvalue weighted by Crippen LogP contribution is -1.94. The van der Waals surface area contributed by atoms with Crippen molar-refractivity contribution in [3.63, 3.8) is 0 Å². The minimum atomic E-state index is 0.423. The molecule has 1 nitrogen and oxygen atoms in total. The first-order chi connectivity index (χ1) is 8.31. The standard InChI is InChI=1S/C16H30O/c1-3-5-6-7-8-9-10-11-12-13-14-15-16(17)4-2/h3H,1,4-15H2,2H3. The molecule has 0 aromatic rings. The molecule has 0 saturated carbocycles. The Morgan fingerprint density at radius 1 is 0.882 bits per heavy atom. The van der Waals surface area contributed by atoms with E-state index in [9.17, 15) is 4.79 Å². The van der Waals surface area contributed by atoms with Crippen molar-refractivity contribution in [1.29, 1.82) is 0 Å². The predicted octanol–water partition coefficient (Wildman–Crippen LogP) is 5.44. The molecule has 0 heterocycles. The van der Waals surface area contributed by atoms with E-state index in [-0.39, 0.29) is 0 Å². The van der Waals surface area contributed by atoms with Crippen molar-refractivity contribution in [2.24, 2.45) is 0 Å². The maximum Gasteiger partial charge on any atom is 0.132 e. The van der Waals surface area contributed by atoms with Crippen LogP contribution in [0.3, 0.4) is 0 Å². The van der Waals surface area contributed by atoms with Crippen LogP contribution in [-0.2, 0) is 4.79 Å². The number of hydrogen-bond donors (Lipinski definition) is 0. The van der Waals surface area contributed by atoms with Gasteiger partial charge < -0.3 is 0 Å². The van der Waals surface area contributed by atoms with Gasteiger partial charge in [-0.15, -0.1) is 6.58 Å². The van der Waals surface area contributed by atoms with E-state index in [4.69, 9.17) is 0 Å². The van der Waals surface area contributed by atoms with Crippen molar-refractivity contribution in [3.05, 3.63) is 12.7 Å². The van der Waals surface area contributed by atoms with E-state index in [0.29, 0.717) is 12.2 Å². The first-order valence-electron chi connectivity index (χ1n) is 7.43. The van der Waals surface area contributed by atoms with Gasteiger partial charge >= 0.3 is 0 Å². The van der Waals surface area contributed by atoms with E-state index in [0.717, 1.165) is 12.8 Å². The number of Topliss-reactive ketones (excluding diaryl/α,β-unsaturated/α-hetero) is 1. The SMILES string of the molecule is C=CCCCCCCCCCCCC(=O)CC. The predicted molar refractivity (Wildman–Crippen MR) is 76.3 cm³/mol. The molecule has 0 spiro atoms. The lowest BCUT2D eigenvalue weighted by atomic mass is 10.0. The van der Waals surface area contributed by atoms with E-state index in [2.05, 4.69) is 6.58 Å². The topological polar surface area (TPSA) is 17.1 Å². The molecule has 17 heavy (non-hydrogen) atoms. The Morgan fingerprint density at radius 2 is 1.35 bits per heavy atom. The number of rotatable bonds is 13. The summed E-state index contributed by atoms with van der Waals surface area (Å²) in [5.74, 6) is 0.423. The van der Waals surface area contributed by atoms with Gasteiger partial charge in [-0.25, -0.2) is 0 Å². The zero-order valence-electron chi connectivity index (χ0n) is 11.7. The lowest BCUT2D eigenvalue weighted by Gasteiger charge is -2.01. The summed E-state index contributed by atoms with van der Waals surface area (Å²) in [6.45, 7) is 5.68. The molecule has 0 aliphatic rings. The van der Waals surface area contributed by atoms with Crippen LogP contribution < -0.4 is 0 Å². The molecule has 0 fully saturated rings. The van der Waals surface area contributed by atoms with Crippen LogP contribution >= 0.6 is 0 Å². The van der Waals surface area contributed by atoms with Crippen LogP contribution in [0.15, 0.2) is 12.7 Å². The van der Waals surface area contributed by atoms with Crippen LogP contribution in [0.5, 0.6) is 0 Å². The number of hydrogen-bond acceptors (Lipinski definition) is 1. The van der Waals surface area contributed by atoms with Gasteiger partial charge in [0.2, 0.25) is 0 Å². The van der Waals surface area contributed by atoms with Gasteiger partial charge in [0.15, 0.2) is 0 Å². The fourth-order valence-electron chi connectivity index (χ4n) is 2.03. The molecule has 0 bridgehead atoms. The van der Waals surface area contributed by atoms with Crippen molar-refractivity contribution in [2.75, 3.05) is 0 Å². The molecular weight excluding hydrogens is 208 g/mol. The molecule has 0 unspecified atom stereocenters. The fraction of sp³-hybridized carbons (Fsp3) is 0.812. The number of ketones is 1. The largest absolute Gasteiger partial charge is 0.300 e. The van der Waals surface area contributed by atoms with Gasteiger partial charge in [0.25, 0.3) is 0 Å². The summed E-state index contributed by atoms with van der Waals surface area (Å²) < 4.78 is 0. The van der Waals surface area contributed by atoms with E-state index in [1.54, 1.807) is 0 Å². The molecule has 0 aliphatic heterocycles. The maximum atomic E-state index is 11.1. The molecule has 0 aromatic heterocycles. The average Bonchev–Trinajstić information content (AvgIpc) is 2.35. The van der Waals surface area contributed by atoms with Crippen LogP contribution in [0.1, 0.15) is 84.0 Å². The molecule has 0 rings (SSSR count). The maximum absolute atomic E-state index is 11.1. The summed E-state index contributed by atoms with van der Waals surface area (Å²) in [6, 6.07) is 0. The van der Waals surface area contributed by atoms with Crippen molar-refractivity contribution in [2.45, 2.75) is 84.0 Å². The van der Waals surface area contributed by atoms with Crippen molar-refractivity contribution in [3.8, 4) is 0 Å². The van der Waals surface area contributed by atoms with Crippen molar-refractivity contribution in [1.82, 2.24) is 0 Å². The van der Waals surface area contributed by atoms with Crippen LogP contribution in [0, 0.1) is 0 Å². The number of carbonyl (C=O) groups is 1. The minimum absolute atomic E-state index is 0.423. The van der Waals surface area contributed by atoms with E-state index < -0.39 is 0 Å². The van der Waals surface area contributed by atoms with Crippen LogP contribution in [-0.4, -0.2) is 5.78 Å². The molecule has 0 atom stereocenters.